The molecule has 7 nitrogen and oxygen atoms in total. The number of hydrogen-bond donors (Lipinski definition) is 1. The highest BCUT2D eigenvalue weighted by Gasteiger charge is 2.21. The van der Waals surface area contributed by atoms with E-state index in [9.17, 15) is 13.2 Å². The molecule has 0 fully saturated rings. The maximum absolute atomic E-state index is 12.6. The van der Waals surface area contributed by atoms with Crippen LogP contribution < -0.4 is 9.50 Å². The van der Waals surface area contributed by atoms with Gasteiger partial charge in [0.2, 0.25) is 0 Å². The van der Waals surface area contributed by atoms with E-state index in [1.54, 1.807) is 43.0 Å². The second kappa shape index (κ2) is 9.41. The zero-order valence-corrected chi connectivity index (χ0v) is 18.3. The summed E-state index contributed by atoms with van der Waals surface area (Å²) in [7, 11) is 0.300. The van der Waals surface area contributed by atoms with Crippen LogP contribution in [0, 0.1) is 0 Å². The van der Waals surface area contributed by atoms with E-state index in [1.807, 2.05) is 39.8 Å². The van der Waals surface area contributed by atoms with Gasteiger partial charge in [-0.05, 0) is 66.4 Å². The number of nitrogens with one attached hydrogen (secondary N) is 1. The van der Waals surface area contributed by atoms with E-state index in [-0.39, 0.29) is 17.3 Å². The Labute approximate surface area is 163 Å². The maximum atomic E-state index is 12.6. The van der Waals surface area contributed by atoms with E-state index in [1.165, 1.54) is 0 Å². The molecule has 2 amide bonds. The zero-order valence-electron chi connectivity index (χ0n) is 17.4. The van der Waals surface area contributed by atoms with Gasteiger partial charge in [0.25, 0.3) is 0 Å². The second-order valence-electron chi connectivity index (χ2n) is 8.17. The van der Waals surface area contributed by atoms with Gasteiger partial charge in [0.15, 0.2) is 0 Å². The van der Waals surface area contributed by atoms with E-state index in [4.69, 9.17) is 4.18 Å². The number of hydrogen-bond acceptors (Lipinski definition) is 5. The van der Waals surface area contributed by atoms with Crippen molar-refractivity contribution in [3.8, 4) is 5.75 Å². The van der Waals surface area contributed by atoms with E-state index in [0.717, 1.165) is 12.1 Å². The first-order valence-electron chi connectivity index (χ1n) is 9.04. The van der Waals surface area contributed by atoms with Gasteiger partial charge in [0, 0.05) is 25.2 Å². The Balaban J connectivity index is 2.86. The lowest BCUT2D eigenvalue weighted by Gasteiger charge is -2.29. The molecule has 0 aliphatic heterocycles. The number of amides is 2. The molecule has 0 saturated heterocycles. The van der Waals surface area contributed by atoms with Crippen molar-refractivity contribution in [2.45, 2.75) is 52.0 Å². The molecule has 154 valence electrons. The average Bonchev–Trinajstić information content (AvgIpc) is 2.50. The standard InChI is InChI=1S/C19H33N3O4S/c1-15(2)27(24,25)26-17-10-8-16(9-11-17)14-22(13-12-21(6)7)18(23)20-19(3,4)5/h8-11,15H,12-14H2,1-7H3,(H,20,23). The van der Waals surface area contributed by atoms with Crippen LogP contribution >= 0.6 is 0 Å². The zero-order chi connectivity index (χ0) is 20.8. The van der Waals surface area contributed by atoms with Gasteiger partial charge in [-0.1, -0.05) is 12.1 Å². The minimum Gasteiger partial charge on any atom is -0.382 e. The van der Waals surface area contributed by atoms with Gasteiger partial charge in [-0.3, -0.25) is 0 Å². The largest absolute Gasteiger partial charge is 0.382 e. The summed E-state index contributed by atoms with van der Waals surface area (Å²) in [5.74, 6) is 0.270. The van der Waals surface area contributed by atoms with Gasteiger partial charge in [0.1, 0.15) is 5.75 Å². The average molecular weight is 400 g/mol. The number of likely N-dealkylation sites (N-methyl/N-ethyl adjacent to an activating group) is 1. The Bertz CT molecular complexity index is 707. The fraction of sp³-hybridized carbons (Fsp3) is 0.632. The molecule has 0 spiro atoms. The third-order valence-electron chi connectivity index (χ3n) is 3.67. The molecule has 0 aromatic heterocycles. The highest BCUT2D eigenvalue weighted by Crippen LogP contribution is 2.17. The Morgan fingerprint density at radius 2 is 1.67 bits per heavy atom. The summed E-state index contributed by atoms with van der Waals surface area (Å²) in [5.41, 5.74) is 0.572. The van der Waals surface area contributed by atoms with Crippen molar-refractivity contribution in [1.82, 2.24) is 15.1 Å². The number of nitrogens with zero attached hydrogens (tertiary/aromatic N) is 2. The number of carbonyl (C=O) groups excluding carboxylic acids is 1. The van der Waals surface area contributed by atoms with Crippen LogP contribution in [-0.2, 0) is 16.7 Å². The number of carbonyl (C=O) groups is 1. The topological polar surface area (TPSA) is 79.0 Å². The van der Waals surface area contributed by atoms with E-state index in [2.05, 4.69) is 5.32 Å². The van der Waals surface area contributed by atoms with Gasteiger partial charge in [0.05, 0.1) is 5.25 Å². The van der Waals surface area contributed by atoms with Crippen molar-refractivity contribution in [2.75, 3.05) is 27.2 Å². The molecule has 0 atom stereocenters. The lowest BCUT2D eigenvalue weighted by molar-refractivity contribution is 0.180. The molecule has 0 saturated carbocycles. The molecule has 0 radical (unpaired) electrons. The number of rotatable bonds is 8. The summed E-state index contributed by atoms with van der Waals surface area (Å²) in [6, 6.07) is 6.64. The highest BCUT2D eigenvalue weighted by molar-refractivity contribution is 7.87. The van der Waals surface area contributed by atoms with Crippen molar-refractivity contribution in [3.63, 3.8) is 0 Å². The van der Waals surface area contributed by atoms with Crippen LogP contribution in [0.1, 0.15) is 40.2 Å². The molecule has 1 aromatic carbocycles. The van der Waals surface area contributed by atoms with Crippen LogP contribution in [0.5, 0.6) is 5.75 Å². The molecular formula is C19H33N3O4S. The molecule has 0 bridgehead atoms. The normalized spacial score (nSPS) is 12.3. The quantitative estimate of drug-likeness (QED) is 0.680. The molecule has 1 N–H and O–H groups in total. The first-order chi connectivity index (χ1) is 12.3. The van der Waals surface area contributed by atoms with E-state index < -0.39 is 15.4 Å². The summed E-state index contributed by atoms with van der Waals surface area (Å²) in [4.78, 5) is 16.4. The first-order valence-corrected chi connectivity index (χ1v) is 10.5. The van der Waals surface area contributed by atoms with Crippen molar-refractivity contribution >= 4 is 16.1 Å². The fourth-order valence-electron chi connectivity index (χ4n) is 2.07. The van der Waals surface area contributed by atoms with Gasteiger partial charge in [-0.15, -0.1) is 0 Å². The fourth-order valence-corrected chi connectivity index (χ4v) is 2.65. The third kappa shape index (κ3) is 8.62. The van der Waals surface area contributed by atoms with Crippen molar-refractivity contribution in [3.05, 3.63) is 29.8 Å². The molecule has 8 heteroatoms. The van der Waals surface area contributed by atoms with Crippen LogP contribution in [0.2, 0.25) is 0 Å². The maximum Gasteiger partial charge on any atom is 0.318 e. The monoisotopic (exact) mass is 399 g/mol. The lowest BCUT2D eigenvalue weighted by Crippen LogP contribution is -2.49. The number of benzene rings is 1. The van der Waals surface area contributed by atoms with Gasteiger partial charge >= 0.3 is 16.1 Å². The SMILES string of the molecule is CC(C)S(=O)(=O)Oc1ccc(CN(CCN(C)C)C(=O)NC(C)(C)C)cc1. The Kier molecular flexibility index (Phi) is 8.10. The van der Waals surface area contributed by atoms with Crippen LogP contribution in [0.25, 0.3) is 0 Å². The molecule has 0 aliphatic carbocycles. The predicted molar refractivity (Wildman–Crippen MR) is 108 cm³/mol. The summed E-state index contributed by atoms with van der Waals surface area (Å²) < 4.78 is 28.8. The van der Waals surface area contributed by atoms with Gasteiger partial charge < -0.3 is 19.3 Å². The van der Waals surface area contributed by atoms with Crippen molar-refractivity contribution in [1.29, 1.82) is 0 Å². The van der Waals surface area contributed by atoms with Crippen molar-refractivity contribution < 1.29 is 17.4 Å². The third-order valence-corrected chi connectivity index (χ3v) is 5.25. The molecule has 27 heavy (non-hydrogen) atoms. The van der Waals surface area contributed by atoms with Gasteiger partial charge in [-0.2, -0.15) is 8.42 Å². The molecule has 1 aromatic rings. The lowest BCUT2D eigenvalue weighted by atomic mass is 10.1. The van der Waals surface area contributed by atoms with Gasteiger partial charge in [-0.25, -0.2) is 4.79 Å². The minimum atomic E-state index is -3.62. The van der Waals surface area contributed by atoms with E-state index >= 15 is 0 Å². The van der Waals surface area contributed by atoms with Crippen LogP contribution in [0.3, 0.4) is 0 Å². The smallest absolute Gasteiger partial charge is 0.318 e. The minimum absolute atomic E-state index is 0.132. The molecule has 1 rings (SSSR count). The second-order valence-corrected chi connectivity index (χ2v) is 10.3. The summed E-state index contributed by atoms with van der Waals surface area (Å²) in [5, 5.41) is 2.37. The Hall–Kier alpha value is -1.80. The molecule has 0 heterocycles. The molecule has 0 aliphatic rings. The number of urea groups is 1. The predicted octanol–water partition coefficient (Wildman–Crippen LogP) is 2.68. The molecular weight excluding hydrogens is 366 g/mol. The molecule has 0 unspecified atom stereocenters. The van der Waals surface area contributed by atoms with E-state index in [0.29, 0.717) is 13.1 Å². The summed E-state index contributed by atoms with van der Waals surface area (Å²) >= 11 is 0. The van der Waals surface area contributed by atoms with Crippen LogP contribution in [0.4, 0.5) is 4.79 Å². The summed E-state index contributed by atoms with van der Waals surface area (Å²) in [6.07, 6.45) is 0. The Morgan fingerprint density at radius 3 is 2.11 bits per heavy atom. The van der Waals surface area contributed by atoms with Crippen molar-refractivity contribution in [2.24, 2.45) is 0 Å². The van der Waals surface area contributed by atoms with Crippen LogP contribution in [0.15, 0.2) is 24.3 Å². The first kappa shape index (κ1) is 23.2. The Morgan fingerprint density at radius 1 is 1.11 bits per heavy atom. The highest BCUT2D eigenvalue weighted by atomic mass is 32.2. The summed E-state index contributed by atoms with van der Waals surface area (Å²) in [6.45, 7) is 10.7. The van der Waals surface area contributed by atoms with Crippen LogP contribution in [-0.4, -0.2) is 62.2 Å².